The van der Waals surface area contributed by atoms with Crippen LogP contribution in [0.2, 0.25) is 0 Å². The zero-order chi connectivity index (χ0) is 15.9. The lowest BCUT2D eigenvalue weighted by atomic mass is 9.81. The SMILES string of the molecule is CCOC(=O)C(COC)(C(=O)OCC)c1ccccc1Br. The summed E-state index contributed by atoms with van der Waals surface area (Å²) in [5.74, 6) is -1.37. The van der Waals surface area contributed by atoms with Crippen molar-refractivity contribution in [3.63, 3.8) is 0 Å². The lowest BCUT2D eigenvalue weighted by Gasteiger charge is -2.29. The van der Waals surface area contributed by atoms with Crippen LogP contribution in [0.5, 0.6) is 0 Å². The van der Waals surface area contributed by atoms with E-state index in [9.17, 15) is 9.59 Å². The van der Waals surface area contributed by atoms with Crippen LogP contribution in [-0.2, 0) is 29.2 Å². The minimum atomic E-state index is -1.64. The third-order valence-electron chi connectivity index (χ3n) is 2.94. The molecule has 1 aromatic carbocycles. The molecule has 6 heteroatoms. The number of carbonyl (C=O) groups is 2. The van der Waals surface area contributed by atoms with Gasteiger partial charge in [0.15, 0.2) is 0 Å². The molecule has 0 amide bonds. The van der Waals surface area contributed by atoms with Crippen LogP contribution in [0, 0.1) is 0 Å². The lowest BCUT2D eigenvalue weighted by molar-refractivity contribution is -0.168. The number of esters is 2. The molecule has 0 saturated carbocycles. The number of rotatable bonds is 7. The maximum Gasteiger partial charge on any atom is 0.330 e. The maximum atomic E-state index is 12.5. The van der Waals surface area contributed by atoms with Crippen LogP contribution in [0.15, 0.2) is 28.7 Å². The van der Waals surface area contributed by atoms with E-state index in [1.807, 2.05) is 0 Å². The van der Waals surface area contributed by atoms with E-state index in [0.717, 1.165) is 0 Å². The second kappa shape index (κ2) is 8.14. The predicted octanol–water partition coefficient (Wildman–Crippen LogP) is 2.46. The van der Waals surface area contributed by atoms with Crippen LogP contribution in [0.25, 0.3) is 0 Å². The lowest BCUT2D eigenvalue weighted by Crippen LogP contribution is -2.50. The van der Waals surface area contributed by atoms with Crippen LogP contribution >= 0.6 is 15.9 Å². The summed E-state index contributed by atoms with van der Waals surface area (Å²) in [6.45, 7) is 3.52. The summed E-state index contributed by atoms with van der Waals surface area (Å²) < 4.78 is 15.9. The molecule has 0 radical (unpaired) electrons. The molecule has 0 unspecified atom stereocenters. The second-order valence-electron chi connectivity index (χ2n) is 4.26. The smallest absolute Gasteiger partial charge is 0.330 e. The highest BCUT2D eigenvalue weighted by Crippen LogP contribution is 2.34. The molecule has 116 valence electrons. The Bertz CT molecular complexity index is 483. The summed E-state index contributed by atoms with van der Waals surface area (Å²) in [4.78, 5) is 25.0. The number of hydrogen-bond donors (Lipinski definition) is 0. The number of methoxy groups -OCH3 is 1. The molecule has 0 aromatic heterocycles. The normalized spacial score (nSPS) is 11.0. The van der Waals surface area contributed by atoms with Crippen molar-refractivity contribution < 1.29 is 23.8 Å². The first-order valence-electron chi connectivity index (χ1n) is 6.62. The molecule has 0 aliphatic rings. The monoisotopic (exact) mass is 358 g/mol. The van der Waals surface area contributed by atoms with E-state index in [-0.39, 0.29) is 19.8 Å². The molecule has 21 heavy (non-hydrogen) atoms. The van der Waals surface area contributed by atoms with Crippen molar-refractivity contribution in [2.45, 2.75) is 19.3 Å². The third kappa shape index (κ3) is 3.63. The zero-order valence-corrected chi connectivity index (χ0v) is 13.9. The molecular formula is C15H19BrO5. The Balaban J connectivity index is 3.47. The fourth-order valence-electron chi connectivity index (χ4n) is 2.03. The van der Waals surface area contributed by atoms with Gasteiger partial charge in [-0.05, 0) is 25.5 Å². The van der Waals surface area contributed by atoms with Gasteiger partial charge in [-0.1, -0.05) is 34.1 Å². The van der Waals surface area contributed by atoms with Gasteiger partial charge in [0.1, 0.15) is 0 Å². The summed E-state index contributed by atoms with van der Waals surface area (Å²) in [5, 5.41) is 0. The molecule has 0 atom stereocenters. The number of benzene rings is 1. The molecular weight excluding hydrogens is 340 g/mol. The van der Waals surface area contributed by atoms with Crippen molar-refractivity contribution in [2.24, 2.45) is 0 Å². The standard InChI is InChI=1S/C15H19BrO5/c1-4-20-13(17)15(10-19-3,14(18)21-5-2)11-8-6-7-9-12(11)16/h6-9H,4-5,10H2,1-3H3. The van der Waals surface area contributed by atoms with Crippen LogP contribution in [0.4, 0.5) is 0 Å². The molecule has 1 rings (SSSR count). The summed E-state index contributed by atoms with van der Waals surface area (Å²) >= 11 is 3.37. The highest BCUT2D eigenvalue weighted by molar-refractivity contribution is 9.10. The fraction of sp³-hybridized carbons (Fsp3) is 0.467. The average molecular weight is 359 g/mol. The Morgan fingerprint density at radius 1 is 1.10 bits per heavy atom. The van der Waals surface area contributed by atoms with Crippen LogP contribution in [-0.4, -0.2) is 38.9 Å². The van der Waals surface area contributed by atoms with Crippen molar-refractivity contribution >= 4 is 27.9 Å². The van der Waals surface area contributed by atoms with Crippen LogP contribution < -0.4 is 0 Å². The average Bonchev–Trinajstić information content (AvgIpc) is 2.46. The first kappa shape index (κ1) is 17.7. The first-order valence-corrected chi connectivity index (χ1v) is 7.42. The number of hydrogen-bond acceptors (Lipinski definition) is 5. The molecule has 0 aliphatic carbocycles. The second-order valence-corrected chi connectivity index (χ2v) is 5.11. The molecule has 0 bridgehead atoms. The van der Waals surface area contributed by atoms with Crippen molar-refractivity contribution in [2.75, 3.05) is 26.9 Å². The number of carbonyl (C=O) groups excluding carboxylic acids is 2. The van der Waals surface area contributed by atoms with Gasteiger partial charge in [0.05, 0.1) is 19.8 Å². The van der Waals surface area contributed by atoms with E-state index in [2.05, 4.69) is 15.9 Å². The molecule has 0 spiro atoms. The van der Waals surface area contributed by atoms with Crippen LogP contribution in [0.3, 0.4) is 0 Å². The van der Waals surface area contributed by atoms with E-state index in [4.69, 9.17) is 14.2 Å². The van der Waals surface area contributed by atoms with Gasteiger partial charge in [-0.3, -0.25) is 9.59 Å². The molecule has 0 heterocycles. The van der Waals surface area contributed by atoms with E-state index >= 15 is 0 Å². The van der Waals surface area contributed by atoms with Gasteiger partial charge in [0, 0.05) is 11.6 Å². The minimum absolute atomic E-state index is 0.159. The van der Waals surface area contributed by atoms with Crippen molar-refractivity contribution in [3.8, 4) is 0 Å². The quantitative estimate of drug-likeness (QED) is 0.553. The van der Waals surface area contributed by atoms with Gasteiger partial charge in [-0.25, -0.2) is 0 Å². The fourth-order valence-corrected chi connectivity index (χ4v) is 2.65. The molecule has 0 aliphatic heterocycles. The highest BCUT2D eigenvalue weighted by atomic mass is 79.9. The van der Waals surface area contributed by atoms with E-state index in [1.54, 1.807) is 38.1 Å². The Morgan fingerprint density at radius 2 is 1.62 bits per heavy atom. The summed E-state index contributed by atoms with van der Waals surface area (Å²) in [5.41, 5.74) is -1.18. The Hall–Kier alpha value is -1.40. The van der Waals surface area contributed by atoms with Crippen LogP contribution in [0.1, 0.15) is 19.4 Å². The maximum absolute atomic E-state index is 12.5. The Labute approximate surface area is 132 Å². The van der Waals surface area contributed by atoms with Crippen molar-refractivity contribution in [3.05, 3.63) is 34.3 Å². The molecule has 0 N–H and O–H groups in total. The zero-order valence-electron chi connectivity index (χ0n) is 12.3. The van der Waals surface area contributed by atoms with E-state index in [0.29, 0.717) is 10.0 Å². The summed E-state index contributed by atoms with van der Waals surface area (Å²) in [7, 11) is 1.42. The van der Waals surface area contributed by atoms with Gasteiger partial charge in [-0.2, -0.15) is 0 Å². The van der Waals surface area contributed by atoms with Gasteiger partial charge < -0.3 is 14.2 Å². The van der Waals surface area contributed by atoms with E-state index < -0.39 is 17.4 Å². The highest BCUT2D eigenvalue weighted by Gasteiger charge is 2.52. The molecule has 0 fully saturated rings. The van der Waals surface area contributed by atoms with Gasteiger partial charge >= 0.3 is 11.9 Å². The largest absolute Gasteiger partial charge is 0.465 e. The molecule has 1 aromatic rings. The van der Waals surface area contributed by atoms with Gasteiger partial charge in [0.25, 0.3) is 0 Å². The number of halogens is 1. The third-order valence-corrected chi connectivity index (χ3v) is 3.63. The van der Waals surface area contributed by atoms with Gasteiger partial charge in [-0.15, -0.1) is 0 Å². The predicted molar refractivity (Wildman–Crippen MR) is 81.0 cm³/mol. The van der Waals surface area contributed by atoms with E-state index in [1.165, 1.54) is 7.11 Å². The topological polar surface area (TPSA) is 61.8 Å². The minimum Gasteiger partial charge on any atom is -0.465 e. The summed E-state index contributed by atoms with van der Waals surface area (Å²) in [6, 6.07) is 6.96. The van der Waals surface area contributed by atoms with Gasteiger partial charge in [0.2, 0.25) is 5.41 Å². The van der Waals surface area contributed by atoms with Crippen molar-refractivity contribution in [1.82, 2.24) is 0 Å². The molecule has 0 saturated heterocycles. The Morgan fingerprint density at radius 3 is 2.05 bits per heavy atom. The first-order chi connectivity index (χ1) is 10.0. The number of ether oxygens (including phenoxy) is 3. The summed E-state index contributed by atoms with van der Waals surface area (Å²) in [6.07, 6.45) is 0. The van der Waals surface area contributed by atoms with Crippen molar-refractivity contribution in [1.29, 1.82) is 0 Å². The molecule has 5 nitrogen and oxygen atoms in total. The Kier molecular flexibility index (Phi) is 6.84.